The molecule has 0 saturated carbocycles. The molecule has 2 heteroatoms. The third-order valence-corrected chi connectivity index (χ3v) is 3.47. The van der Waals surface area contributed by atoms with Gasteiger partial charge in [0.15, 0.2) is 0 Å². The summed E-state index contributed by atoms with van der Waals surface area (Å²) in [5.74, 6) is 1.14. The molecule has 0 fully saturated rings. The summed E-state index contributed by atoms with van der Waals surface area (Å²) in [6.45, 7) is 8.87. The lowest BCUT2D eigenvalue weighted by atomic mass is 9.94. The molecule has 0 aliphatic carbocycles. The molecule has 0 aliphatic heterocycles. The van der Waals surface area contributed by atoms with Crippen LogP contribution >= 0.6 is 11.8 Å². The SMILES string of the molecule is Cc1cccc(SCCC(C)(C)C)c1N. The van der Waals surface area contributed by atoms with Crippen molar-refractivity contribution in [2.75, 3.05) is 11.5 Å². The molecule has 0 atom stereocenters. The number of hydrogen-bond donors (Lipinski definition) is 1. The Bertz CT molecular complexity index is 326. The van der Waals surface area contributed by atoms with Gasteiger partial charge in [0.25, 0.3) is 0 Å². The van der Waals surface area contributed by atoms with Crippen LogP contribution in [0.5, 0.6) is 0 Å². The fraction of sp³-hybridized carbons (Fsp3) is 0.538. The predicted octanol–water partition coefficient (Wildman–Crippen LogP) is 4.11. The lowest BCUT2D eigenvalue weighted by molar-refractivity contribution is 0.401. The van der Waals surface area contributed by atoms with Crippen LogP contribution in [0.25, 0.3) is 0 Å². The van der Waals surface area contributed by atoms with Crippen LogP contribution in [-0.4, -0.2) is 5.75 Å². The smallest absolute Gasteiger partial charge is 0.0481 e. The van der Waals surface area contributed by atoms with Gasteiger partial charge in [0.2, 0.25) is 0 Å². The van der Waals surface area contributed by atoms with Crippen LogP contribution in [-0.2, 0) is 0 Å². The normalized spacial score (nSPS) is 11.7. The van der Waals surface area contributed by atoms with Gasteiger partial charge in [-0.2, -0.15) is 0 Å². The average Bonchev–Trinajstić information content (AvgIpc) is 2.10. The molecule has 2 N–H and O–H groups in total. The minimum absolute atomic E-state index is 0.408. The highest BCUT2D eigenvalue weighted by molar-refractivity contribution is 7.99. The van der Waals surface area contributed by atoms with Crippen molar-refractivity contribution < 1.29 is 0 Å². The van der Waals surface area contributed by atoms with E-state index in [0.29, 0.717) is 5.41 Å². The van der Waals surface area contributed by atoms with E-state index in [4.69, 9.17) is 5.73 Å². The van der Waals surface area contributed by atoms with Crippen molar-refractivity contribution in [2.45, 2.75) is 39.0 Å². The number of nitrogens with two attached hydrogens (primary N) is 1. The Morgan fingerprint density at radius 3 is 2.53 bits per heavy atom. The van der Waals surface area contributed by atoms with Crippen molar-refractivity contribution >= 4 is 17.4 Å². The fourth-order valence-corrected chi connectivity index (χ4v) is 2.67. The van der Waals surface area contributed by atoms with Gasteiger partial charge in [0, 0.05) is 10.6 Å². The van der Waals surface area contributed by atoms with Crippen molar-refractivity contribution in [3.63, 3.8) is 0 Å². The number of aryl methyl sites for hydroxylation is 1. The lowest BCUT2D eigenvalue weighted by Crippen LogP contribution is -2.06. The van der Waals surface area contributed by atoms with Crippen LogP contribution in [0.2, 0.25) is 0 Å². The molecule has 15 heavy (non-hydrogen) atoms. The number of hydrogen-bond acceptors (Lipinski definition) is 2. The summed E-state index contributed by atoms with van der Waals surface area (Å²) in [5.41, 5.74) is 8.54. The molecule has 0 amide bonds. The third kappa shape index (κ3) is 4.17. The first-order valence-corrected chi connectivity index (χ1v) is 6.36. The molecule has 1 aromatic rings. The highest BCUT2D eigenvalue weighted by Crippen LogP contribution is 2.30. The van der Waals surface area contributed by atoms with Gasteiger partial charge in [-0.15, -0.1) is 11.8 Å². The monoisotopic (exact) mass is 223 g/mol. The molecule has 0 heterocycles. The van der Waals surface area contributed by atoms with Crippen molar-refractivity contribution in [3.05, 3.63) is 23.8 Å². The van der Waals surface area contributed by atoms with Gasteiger partial charge in [0.1, 0.15) is 0 Å². The first-order chi connectivity index (χ1) is 6.90. The van der Waals surface area contributed by atoms with E-state index in [0.717, 1.165) is 11.4 Å². The first-order valence-electron chi connectivity index (χ1n) is 5.38. The zero-order valence-electron chi connectivity index (χ0n) is 10.1. The maximum absolute atomic E-state index is 6.01. The number of nitrogen functional groups attached to an aromatic ring is 1. The van der Waals surface area contributed by atoms with E-state index in [1.165, 1.54) is 16.9 Å². The molecule has 0 aliphatic rings. The van der Waals surface area contributed by atoms with E-state index in [-0.39, 0.29) is 0 Å². The Morgan fingerprint density at radius 2 is 1.93 bits per heavy atom. The Kier molecular flexibility index (Phi) is 4.09. The molecular formula is C13H21NS. The second-order valence-electron chi connectivity index (χ2n) is 5.15. The molecule has 0 bridgehead atoms. The number of anilines is 1. The summed E-state index contributed by atoms with van der Waals surface area (Å²) in [6, 6.07) is 6.24. The van der Waals surface area contributed by atoms with Crippen LogP contribution in [0.4, 0.5) is 5.69 Å². The van der Waals surface area contributed by atoms with Crippen molar-refractivity contribution in [1.29, 1.82) is 0 Å². The summed E-state index contributed by atoms with van der Waals surface area (Å²) in [5, 5.41) is 0. The number of rotatable bonds is 3. The molecule has 0 aromatic heterocycles. The van der Waals surface area contributed by atoms with Gasteiger partial charge in [-0.3, -0.25) is 0 Å². The molecular weight excluding hydrogens is 202 g/mol. The van der Waals surface area contributed by atoms with Crippen LogP contribution in [0.15, 0.2) is 23.1 Å². The minimum atomic E-state index is 0.408. The number of thioether (sulfide) groups is 1. The van der Waals surface area contributed by atoms with Gasteiger partial charge in [-0.25, -0.2) is 0 Å². The molecule has 0 saturated heterocycles. The topological polar surface area (TPSA) is 26.0 Å². The number of benzene rings is 1. The second-order valence-corrected chi connectivity index (χ2v) is 6.28. The van der Waals surface area contributed by atoms with Crippen molar-refractivity contribution in [2.24, 2.45) is 5.41 Å². The summed E-state index contributed by atoms with van der Waals surface area (Å²) in [4.78, 5) is 1.22. The van der Waals surface area contributed by atoms with E-state index in [2.05, 4.69) is 45.9 Å². The first kappa shape index (κ1) is 12.4. The van der Waals surface area contributed by atoms with Gasteiger partial charge in [0.05, 0.1) is 0 Å². The largest absolute Gasteiger partial charge is 0.398 e. The lowest BCUT2D eigenvalue weighted by Gasteiger charge is -2.17. The highest BCUT2D eigenvalue weighted by atomic mass is 32.2. The van der Waals surface area contributed by atoms with E-state index in [1.807, 2.05) is 11.8 Å². The quantitative estimate of drug-likeness (QED) is 0.616. The van der Waals surface area contributed by atoms with Crippen LogP contribution in [0.3, 0.4) is 0 Å². The Labute approximate surface area is 97.4 Å². The zero-order valence-corrected chi connectivity index (χ0v) is 10.9. The second kappa shape index (κ2) is 4.93. The van der Waals surface area contributed by atoms with Gasteiger partial charge >= 0.3 is 0 Å². The minimum Gasteiger partial charge on any atom is -0.398 e. The average molecular weight is 223 g/mol. The van der Waals surface area contributed by atoms with E-state index in [9.17, 15) is 0 Å². The van der Waals surface area contributed by atoms with Gasteiger partial charge in [-0.05, 0) is 36.1 Å². The molecule has 84 valence electrons. The van der Waals surface area contributed by atoms with Gasteiger partial charge in [-0.1, -0.05) is 32.9 Å². The molecule has 0 spiro atoms. The van der Waals surface area contributed by atoms with Crippen molar-refractivity contribution in [1.82, 2.24) is 0 Å². The Hall–Kier alpha value is -0.630. The highest BCUT2D eigenvalue weighted by Gasteiger charge is 2.10. The van der Waals surface area contributed by atoms with E-state index >= 15 is 0 Å². The zero-order chi connectivity index (χ0) is 11.5. The summed E-state index contributed by atoms with van der Waals surface area (Å²) >= 11 is 1.86. The molecule has 0 unspecified atom stereocenters. The molecule has 1 aromatic carbocycles. The standard InChI is InChI=1S/C13H21NS/c1-10-6-5-7-11(12(10)14)15-9-8-13(2,3)4/h5-7H,8-9,14H2,1-4H3. The van der Waals surface area contributed by atoms with Crippen LogP contribution in [0.1, 0.15) is 32.8 Å². The molecule has 1 rings (SSSR count). The van der Waals surface area contributed by atoms with E-state index in [1.54, 1.807) is 0 Å². The van der Waals surface area contributed by atoms with Crippen molar-refractivity contribution in [3.8, 4) is 0 Å². The number of para-hydroxylation sites is 1. The predicted molar refractivity (Wildman–Crippen MR) is 70.4 cm³/mol. The summed E-state index contributed by atoms with van der Waals surface area (Å²) in [6.07, 6.45) is 1.21. The van der Waals surface area contributed by atoms with E-state index < -0.39 is 0 Å². The summed E-state index contributed by atoms with van der Waals surface area (Å²) < 4.78 is 0. The van der Waals surface area contributed by atoms with Gasteiger partial charge < -0.3 is 5.73 Å². The fourth-order valence-electron chi connectivity index (χ4n) is 1.25. The molecule has 1 nitrogen and oxygen atoms in total. The maximum Gasteiger partial charge on any atom is 0.0481 e. The van der Waals surface area contributed by atoms with Crippen LogP contribution in [0, 0.1) is 12.3 Å². The molecule has 0 radical (unpaired) electrons. The van der Waals surface area contributed by atoms with Crippen LogP contribution < -0.4 is 5.73 Å². The Morgan fingerprint density at radius 1 is 1.27 bits per heavy atom. The Balaban J connectivity index is 2.55. The third-order valence-electron chi connectivity index (χ3n) is 2.39. The maximum atomic E-state index is 6.01. The summed E-state index contributed by atoms with van der Waals surface area (Å²) in [7, 11) is 0.